The highest BCUT2D eigenvalue weighted by molar-refractivity contribution is 5.94. The molecular weight excluding hydrogens is 290 g/mol. The molecule has 0 atom stereocenters. The lowest BCUT2D eigenvalue weighted by molar-refractivity contribution is 0.416. The molecule has 0 radical (unpaired) electrons. The summed E-state index contributed by atoms with van der Waals surface area (Å²) in [7, 11) is 3.53. The van der Waals surface area contributed by atoms with E-state index in [1.54, 1.807) is 13.4 Å². The van der Waals surface area contributed by atoms with Crippen LogP contribution in [0.2, 0.25) is 0 Å². The number of fused-ring (bicyclic) bond motifs is 3. The molecule has 6 heteroatoms. The van der Waals surface area contributed by atoms with Gasteiger partial charge in [-0.2, -0.15) is 4.98 Å². The third-order valence-electron chi connectivity index (χ3n) is 3.91. The quantitative estimate of drug-likeness (QED) is 0.630. The van der Waals surface area contributed by atoms with Crippen molar-refractivity contribution in [3.63, 3.8) is 0 Å². The summed E-state index contributed by atoms with van der Waals surface area (Å²) in [6.07, 6.45) is 1.68. The van der Waals surface area contributed by atoms with Crippen LogP contribution in [-0.2, 0) is 0 Å². The standard InChI is InChI=1S/C17H15N5O/c1-18-16-13-8-7-11(12-5-3-4-6-15(12)23-2)9-14(13)22-10-19-21-17(22)20-16/h3-10H,1-2H3,(H,18,20,21). The first-order valence-corrected chi connectivity index (χ1v) is 7.26. The van der Waals surface area contributed by atoms with Gasteiger partial charge in [-0.1, -0.05) is 24.3 Å². The predicted octanol–water partition coefficient (Wildman–Crippen LogP) is 2.99. The Balaban J connectivity index is 2.04. The Morgan fingerprint density at radius 3 is 2.83 bits per heavy atom. The third-order valence-corrected chi connectivity index (χ3v) is 3.91. The van der Waals surface area contributed by atoms with Crippen molar-refractivity contribution in [3.05, 3.63) is 48.8 Å². The Labute approximate surface area is 132 Å². The number of anilines is 1. The summed E-state index contributed by atoms with van der Waals surface area (Å²) < 4.78 is 7.36. The van der Waals surface area contributed by atoms with Crippen LogP contribution in [0, 0.1) is 0 Å². The minimum Gasteiger partial charge on any atom is -0.496 e. The molecule has 6 nitrogen and oxygen atoms in total. The molecule has 1 N–H and O–H groups in total. The van der Waals surface area contributed by atoms with Gasteiger partial charge < -0.3 is 10.1 Å². The lowest BCUT2D eigenvalue weighted by Gasteiger charge is -2.11. The molecule has 0 fully saturated rings. The van der Waals surface area contributed by atoms with Crippen molar-refractivity contribution in [2.45, 2.75) is 0 Å². The number of ether oxygens (including phenoxy) is 1. The molecule has 2 heterocycles. The number of para-hydroxylation sites is 1. The maximum Gasteiger partial charge on any atom is 0.257 e. The normalized spacial score (nSPS) is 11.0. The van der Waals surface area contributed by atoms with Crippen molar-refractivity contribution >= 4 is 22.5 Å². The van der Waals surface area contributed by atoms with Crippen molar-refractivity contribution in [2.24, 2.45) is 0 Å². The second kappa shape index (κ2) is 5.24. The summed E-state index contributed by atoms with van der Waals surface area (Å²) in [5.41, 5.74) is 3.10. The van der Waals surface area contributed by atoms with Crippen LogP contribution >= 0.6 is 0 Å². The molecule has 0 aliphatic carbocycles. The first-order chi connectivity index (χ1) is 11.3. The lowest BCUT2D eigenvalue weighted by atomic mass is 10.0. The zero-order chi connectivity index (χ0) is 15.8. The molecule has 0 bridgehead atoms. The SMILES string of the molecule is CNc1nc2nncn2c2cc(-c3ccccc3OC)ccc12. The van der Waals surface area contributed by atoms with E-state index in [9.17, 15) is 0 Å². The van der Waals surface area contributed by atoms with E-state index in [4.69, 9.17) is 4.74 Å². The molecule has 0 aliphatic heterocycles. The molecule has 0 saturated heterocycles. The molecule has 2 aromatic heterocycles. The number of nitrogens with one attached hydrogen (secondary N) is 1. The van der Waals surface area contributed by atoms with Gasteiger partial charge in [0.15, 0.2) is 0 Å². The number of benzene rings is 2. The summed E-state index contributed by atoms with van der Waals surface area (Å²) in [5.74, 6) is 2.20. The largest absolute Gasteiger partial charge is 0.496 e. The van der Waals surface area contributed by atoms with Crippen LogP contribution in [0.5, 0.6) is 5.75 Å². The second-order valence-electron chi connectivity index (χ2n) is 5.14. The van der Waals surface area contributed by atoms with Crippen LogP contribution in [0.25, 0.3) is 27.8 Å². The van der Waals surface area contributed by atoms with Crippen LogP contribution < -0.4 is 10.1 Å². The van der Waals surface area contributed by atoms with E-state index >= 15 is 0 Å². The zero-order valence-electron chi connectivity index (χ0n) is 12.8. The zero-order valence-corrected chi connectivity index (χ0v) is 12.8. The van der Waals surface area contributed by atoms with Crippen molar-refractivity contribution in [1.82, 2.24) is 19.6 Å². The third kappa shape index (κ3) is 2.07. The van der Waals surface area contributed by atoms with E-state index in [0.29, 0.717) is 5.78 Å². The molecular formula is C17H15N5O. The fourth-order valence-corrected chi connectivity index (χ4v) is 2.81. The minimum atomic E-state index is 0.569. The van der Waals surface area contributed by atoms with Gasteiger partial charge in [0.1, 0.15) is 17.9 Å². The van der Waals surface area contributed by atoms with Crippen LogP contribution in [0.1, 0.15) is 0 Å². The maximum atomic E-state index is 5.47. The van der Waals surface area contributed by atoms with Gasteiger partial charge in [0.2, 0.25) is 0 Å². The fraction of sp³-hybridized carbons (Fsp3) is 0.118. The molecule has 0 spiro atoms. The minimum absolute atomic E-state index is 0.569. The number of methoxy groups -OCH3 is 1. The van der Waals surface area contributed by atoms with Gasteiger partial charge in [-0.15, -0.1) is 10.2 Å². The summed E-state index contributed by atoms with van der Waals surface area (Å²) in [5, 5.41) is 12.1. The van der Waals surface area contributed by atoms with E-state index in [1.165, 1.54) is 0 Å². The Morgan fingerprint density at radius 1 is 1.13 bits per heavy atom. The Bertz CT molecular complexity index is 1010. The molecule has 23 heavy (non-hydrogen) atoms. The van der Waals surface area contributed by atoms with Crippen LogP contribution in [0.3, 0.4) is 0 Å². The predicted molar refractivity (Wildman–Crippen MR) is 89.8 cm³/mol. The molecule has 0 unspecified atom stereocenters. The van der Waals surface area contributed by atoms with Gasteiger partial charge in [-0.05, 0) is 23.8 Å². The molecule has 4 rings (SSSR count). The molecule has 4 aromatic rings. The number of rotatable bonds is 3. The first-order valence-electron chi connectivity index (χ1n) is 7.26. The summed E-state index contributed by atoms with van der Waals surface area (Å²) in [6.45, 7) is 0. The first kappa shape index (κ1) is 13.5. The lowest BCUT2D eigenvalue weighted by Crippen LogP contribution is -1.99. The van der Waals surface area contributed by atoms with Crippen LogP contribution in [-0.4, -0.2) is 33.7 Å². The van der Waals surface area contributed by atoms with E-state index in [1.807, 2.05) is 35.7 Å². The van der Waals surface area contributed by atoms with Gasteiger partial charge in [0.25, 0.3) is 5.78 Å². The molecule has 114 valence electrons. The summed E-state index contributed by atoms with van der Waals surface area (Å²) in [4.78, 5) is 4.47. The van der Waals surface area contributed by atoms with Crippen molar-refractivity contribution in [2.75, 3.05) is 19.5 Å². The average Bonchev–Trinajstić information content (AvgIpc) is 3.09. The maximum absolute atomic E-state index is 5.47. The molecule has 0 aliphatic rings. The Hall–Kier alpha value is -3.15. The van der Waals surface area contributed by atoms with Crippen molar-refractivity contribution in [3.8, 4) is 16.9 Å². The fourth-order valence-electron chi connectivity index (χ4n) is 2.81. The number of hydrogen-bond donors (Lipinski definition) is 1. The van der Waals surface area contributed by atoms with E-state index in [-0.39, 0.29) is 0 Å². The Morgan fingerprint density at radius 2 is 2.00 bits per heavy atom. The number of nitrogens with zero attached hydrogens (tertiary/aromatic N) is 4. The summed E-state index contributed by atoms with van der Waals surface area (Å²) in [6, 6.07) is 14.2. The smallest absolute Gasteiger partial charge is 0.257 e. The van der Waals surface area contributed by atoms with Crippen molar-refractivity contribution < 1.29 is 4.74 Å². The highest BCUT2D eigenvalue weighted by Gasteiger charge is 2.11. The molecule has 2 aromatic carbocycles. The highest BCUT2D eigenvalue weighted by atomic mass is 16.5. The topological polar surface area (TPSA) is 64.3 Å². The number of aromatic nitrogens is 4. The Kier molecular flexibility index (Phi) is 3.08. The molecule has 0 saturated carbocycles. The van der Waals surface area contributed by atoms with Crippen molar-refractivity contribution in [1.29, 1.82) is 0 Å². The van der Waals surface area contributed by atoms with Gasteiger partial charge in [0.05, 0.1) is 12.6 Å². The number of hydrogen-bond acceptors (Lipinski definition) is 5. The van der Waals surface area contributed by atoms with Crippen LogP contribution in [0.15, 0.2) is 48.8 Å². The van der Waals surface area contributed by atoms with Gasteiger partial charge in [0, 0.05) is 18.0 Å². The van der Waals surface area contributed by atoms with Gasteiger partial charge >= 0.3 is 0 Å². The highest BCUT2D eigenvalue weighted by Crippen LogP contribution is 2.33. The van der Waals surface area contributed by atoms with E-state index in [0.717, 1.165) is 33.6 Å². The average molecular weight is 305 g/mol. The second-order valence-corrected chi connectivity index (χ2v) is 5.14. The van der Waals surface area contributed by atoms with Gasteiger partial charge in [-0.3, -0.25) is 4.40 Å². The van der Waals surface area contributed by atoms with Crippen LogP contribution in [0.4, 0.5) is 5.82 Å². The van der Waals surface area contributed by atoms with Gasteiger partial charge in [-0.25, -0.2) is 0 Å². The summed E-state index contributed by atoms with van der Waals surface area (Å²) >= 11 is 0. The molecule has 0 amide bonds. The van der Waals surface area contributed by atoms with E-state index < -0.39 is 0 Å². The monoisotopic (exact) mass is 305 g/mol. The van der Waals surface area contributed by atoms with E-state index in [2.05, 4.69) is 38.7 Å².